The highest BCUT2D eigenvalue weighted by Crippen LogP contribution is 2.32. The molecule has 0 bridgehead atoms. The number of fused-ring (bicyclic) bond motifs is 1. The Labute approximate surface area is 116 Å². The number of benzene rings is 2. The van der Waals surface area contributed by atoms with Crippen LogP contribution in [0.25, 0.3) is 0 Å². The van der Waals surface area contributed by atoms with Crippen molar-refractivity contribution < 1.29 is 9.47 Å². The van der Waals surface area contributed by atoms with Gasteiger partial charge in [0.2, 0.25) is 6.79 Å². The van der Waals surface area contributed by atoms with E-state index in [1.165, 1.54) is 0 Å². The smallest absolute Gasteiger partial charge is 0.231 e. The van der Waals surface area contributed by atoms with E-state index in [4.69, 9.17) is 21.1 Å². The van der Waals surface area contributed by atoms with Crippen molar-refractivity contribution in [1.82, 2.24) is 0 Å². The summed E-state index contributed by atoms with van der Waals surface area (Å²) in [7, 11) is 0. The number of aryl methyl sites for hydroxylation is 1. The summed E-state index contributed by atoms with van der Waals surface area (Å²) in [4.78, 5) is 4.46. The summed E-state index contributed by atoms with van der Waals surface area (Å²) < 4.78 is 10.6. The quantitative estimate of drug-likeness (QED) is 0.771. The first-order valence-electron chi connectivity index (χ1n) is 5.92. The summed E-state index contributed by atoms with van der Waals surface area (Å²) in [6, 6.07) is 11.4. The fourth-order valence-corrected chi connectivity index (χ4v) is 2.03. The highest BCUT2D eigenvalue weighted by atomic mass is 35.5. The molecule has 4 heteroatoms. The van der Waals surface area contributed by atoms with Crippen molar-refractivity contribution in [2.24, 2.45) is 4.99 Å². The second-order valence-electron chi connectivity index (χ2n) is 4.30. The maximum absolute atomic E-state index is 5.96. The first kappa shape index (κ1) is 12.1. The van der Waals surface area contributed by atoms with Gasteiger partial charge in [-0.3, -0.25) is 4.99 Å². The Morgan fingerprint density at radius 1 is 1.11 bits per heavy atom. The highest BCUT2D eigenvalue weighted by molar-refractivity contribution is 6.30. The standard InChI is InChI=1S/C15H12ClNO2/c1-10-2-4-12(16)7-13(10)17-8-11-3-5-14-15(6-11)19-9-18-14/h2-8H,9H2,1H3. The molecule has 0 amide bonds. The minimum Gasteiger partial charge on any atom is -0.454 e. The van der Waals surface area contributed by atoms with Crippen LogP contribution in [0.3, 0.4) is 0 Å². The van der Waals surface area contributed by atoms with E-state index in [1.807, 2.05) is 43.3 Å². The lowest BCUT2D eigenvalue weighted by Gasteiger charge is -2.01. The molecule has 0 spiro atoms. The number of hydrogen-bond acceptors (Lipinski definition) is 3. The topological polar surface area (TPSA) is 30.8 Å². The lowest BCUT2D eigenvalue weighted by Crippen LogP contribution is -1.92. The average Bonchev–Trinajstić information content (AvgIpc) is 2.87. The normalized spacial score (nSPS) is 13.2. The van der Waals surface area contributed by atoms with Crippen molar-refractivity contribution in [1.29, 1.82) is 0 Å². The third-order valence-electron chi connectivity index (χ3n) is 2.92. The largest absolute Gasteiger partial charge is 0.454 e. The van der Waals surface area contributed by atoms with E-state index < -0.39 is 0 Å². The maximum Gasteiger partial charge on any atom is 0.231 e. The molecule has 0 radical (unpaired) electrons. The summed E-state index contributed by atoms with van der Waals surface area (Å²) in [6.07, 6.45) is 1.79. The van der Waals surface area contributed by atoms with Crippen molar-refractivity contribution in [2.45, 2.75) is 6.92 Å². The van der Waals surface area contributed by atoms with Gasteiger partial charge in [-0.1, -0.05) is 17.7 Å². The maximum atomic E-state index is 5.96. The van der Waals surface area contributed by atoms with Crippen molar-refractivity contribution in [3.8, 4) is 11.5 Å². The van der Waals surface area contributed by atoms with Gasteiger partial charge in [0.05, 0.1) is 5.69 Å². The third kappa shape index (κ3) is 2.56. The van der Waals surface area contributed by atoms with E-state index in [9.17, 15) is 0 Å². The molecule has 2 aromatic rings. The molecule has 1 aliphatic rings. The summed E-state index contributed by atoms with van der Waals surface area (Å²) >= 11 is 5.96. The third-order valence-corrected chi connectivity index (χ3v) is 3.16. The summed E-state index contributed by atoms with van der Waals surface area (Å²) in [5.74, 6) is 1.53. The molecule has 19 heavy (non-hydrogen) atoms. The van der Waals surface area contributed by atoms with Gasteiger partial charge in [-0.15, -0.1) is 0 Å². The number of halogens is 1. The minimum absolute atomic E-state index is 0.281. The lowest BCUT2D eigenvalue weighted by molar-refractivity contribution is 0.174. The first-order chi connectivity index (χ1) is 9.22. The number of ether oxygens (including phenoxy) is 2. The number of nitrogens with zero attached hydrogens (tertiary/aromatic N) is 1. The second-order valence-corrected chi connectivity index (χ2v) is 4.74. The van der Waals surface area contributed by atoms with Crippen LogP contribution in [0.1, 0.15) is 11.1 Å². The van der Waals surface area contributed by atoms with Crippen LogP contribution in [0.2, 0.25) is 5.02 Å². The molecule has 0 aromatic heterocycles. The van der Waals surface area contributed by atoms with Crippen molar-refractivity contribution in [3.05, 3.63) is 52.5 Å². The first-order valence-corrected chi connectivity index (χ1v) is 6.30. The number of hydrogen-bond donors (Lipinski definition) is 0. The molecular weight excluding hydrogens is 262 g/mol. The van der Waals surface area contributed by atoms with Gasteiger partial charge in [0.25, 0.3) is 0 Å². The Bertz CT molecular complexity index is 653. The fourth-order valence-electron chi connectivity index (χ4n) is 1.86. The monoisotopic (exact) mass is 273 g/mol. The SMILES string of the molecule is Cc1ccc(Cl)cc1N=Cc1ccc2c(c1)OCO2. The molecule has 1 aliphatic heterocycles. The van der Waals surface area contributed by atoms with E-state index in [1.54, 1.807) is 6.21 Å². The highest BCUT2D eigenvalue weighted by Gasteiger charge is 2.12. The Kier molecular flexibility index (Phi) is 3.13. The zero-order chi connectivity index (χ0) is 13.2. The molecule has 0 aliphatic carbocycles. The predicted octanol–water partition coefficient (Wildman–Crippen LogP) is 4.13. The number of aliphatic imine (C=N–C) groups is 1. The van der Waals surface area contributed by atoms with E-state index in [0.29, 0.717) is 5.02 Å². The zero-order valence-electron chi connectivity index (χ0n) is 10.4. The van der Waals surface area contributed by atoms with Crippen molar-refractivity contribution in [2.75, 3.05) is 6.79 Å². The van der Waals surface area contributed by atoms with Crippen molar-refractivity contribution >= 4 is 23.5 Å². The van der Waals surface area contributed by atoms with Gasteiger partial charge >= 0.3 is 0 Å². The van der Waals surface area contributed by atoms with Crippen LogP contribution in [-0.4, -0.2) is 13.0 Å². The second kappa shape index (κ2) is 4.94. The molecule has 0 unspecified atom stereocenters. The molecule has 96 valence electrons. The van der Waals surface area contributed by atoms with Crippen LogP contribution >= 0.6 is 11.6 Å². The van der Waals surface area contributed by atoms with Crippen LogP contribution < -0.4 is 9.47 Å². The van der Waals surface area contributed by atoms with Gasteiger partial charge in [-0.05, 0) is 48.4 Å². The molecule has 3 rings (SSSR count). The Balaban J connectivity index is 1.88. The van der Waals surface area contributed by atoms with Gasteiger partial charge in [-0.25, -0.2) is 0 Å². The summed E-state index contributed by atoms with van der Waals surface area (Å²) in [6.45, 7) is 2.28. The van der Waals surface area contributed by atoms with Crippen LogP contribution in [-0.2, 0) is 0 Å². The molecule has 1 heterocycles. The van der Waals surface area contributed by atoms with Gasteiger partial charge in [-0.2, -0.15) is 0 Å². The minimum atomic E-state index is 0.281. The van der Waals surface area contributed by atoms with E-state index in [2.05, 4.69) is 4.99 Å². The molecule has 0 saturated carbocycles. The lowest BCUT2D eigenvalue weighted by atomic mass is 10.2. The molecule has 0 atom stereocenters. The average molecular weight is 274 g/mol. The molecule has 0 fully saturated rings. The predicted molar refractivity (Wildman–Crippen MR) is 76.0 cm³/mol. The summed E-state index contributed by atoms with van der Waals surface area (Å²) in [5.41, 5.74) is 2.91. The van der Waals surface area contributed by atoms with Crippen LogP contribution in [0.4, 0.5) is 5.69 Å². The van der Waals surface area contributed by atoms with E-state index in [-0.39, 0.29) is 6.79 Å². The van der Waals surface area contributed by atoms with Gasteiger partial charge < -0.3 is 9.47 Å². The fraction of sp³-hybridized carbons (Fsp3) is 0.133. The van der Waals surface area contributed by atoms with Gasteiger partial charge in [0.15, 0.2) is 11.5 Å². The van der Waals surface area contributed by atoms with Crippen LogP contribution in [0, 0.1) is 6.92 Å². The van der Waals surface area contributed by atoms with Gasteiger partial charge in [0, 0.05) is 11.2 Å². The Morgan fingerprint density at radius 3 is 2.84 bits per heavy atom. The molecule has 0 N–H and O–H groups in total. The Morgan fingerprint density at radius 2 is 1.95 bits per heavy atom. The van der Waals surface area contributed by atoms with E-state index >= 15 is 0 Å². The molecular formula is C15H12ClNO2. The summed E-state index contributed by atoms with van der Waals surface area (Å²) in [5, 5.41) is 0.684. The van der Waals surface area contributed by atoms with E-state index in [0.717, 1.165) is 28.3 Å². The van der Waals surface area contributed by atoms with Gasteiger partial charge in [0.1, 0.15) is 0 Å². The van der Waals surface area contributed by atoms with Crippen LogP contribution in [0.15, 0.2) is 41.4 Å². The molecule has 3 nitrogen and oxygen atoms in total. The van der Waals surface area contributed by atoms with Crippen molar-refractivity contribution in [3.63, 3.8) is 0 Å². The molecule has 0 saturated heterocycles. The molecule has 2 aromatic carbocycles. The Hall–Kier alpha value is -2.00. The number of rotatable bonds is 2. The zero-order valence-corrected chi connectivity index (χ0v) is 11.1. The van der Waals surface area contributed by atoms with Crippen LogP contribution in [0.5, 0.6) is 11.5 Å².